The Morgan fingerprint density at radius 1 is 0.921 bits per heavy atom. The van der Waals surface area contributed by atoms with Crippen molar-refractivity contribution in [3.05, 3.63) is 106 Å². The SMILES string of the molecule is Cc1cc(C2(CCN3CCC(Cc4ccccc4)CC3)CCCN(C(=O)Cc3ccccc3)C2)ccc1Cl. The normalized spacial score (nSPS) is 20.9. The predicted octanol–water partition coefficient (Wildman–Crippen LogP) is 7.10. The highest BCUT2D eigenvalue weighted by atomic mass is 35.5. The summed E-state index contributed by atoms with van der Waals surface area (Å²) in [6.45, 7) is 7.17. The first-order valence-electron chi connectivity index (χ1n) is 14.4. The van der Waals surface area contributed by atoms with E-state index in [4.69, 9.17) is 11.6 Å². The minimum Gasteiger partial charge on any atom is -0.342 e. The first kappa shape index (κ1) is 27.0. The van der Waals surface area contributed by atoms with Crippen LogP contribution in [0.3, 0.4) is 0 Å². The number of amides is 1. The fourth-order valence-electron chi connectivity index (χ4n) is 6.52. The molecule has 2 aliphatic heterocycles. The number of hydrogen-bond acceptors (Lipinski definition) is 2. The van der Waals surface area contributed by atoms with Crippen LogP contribution in [0.15, 0.2) is 78.9 Å². The molecule has 1 atom stereocenters. The molecule has 2 fully saturated rings. The van der Waals surface area contributed by atoms with Crippen LogP contribution in [-0.2, 0) is 23.1 Å². The van der Waals surface area contributed by atoms with Crippen molar-refractivity contribution < 1.29 is 4.79 Å². The predicted molar refractivity (Wildman–Crippen MR) is 158 cm³/mol. The minimum atomic E-state index is -0.0270. The number of benzene rings is 3. The Morgan fingerprint density at radius 3 is 2.29 bits per heavy atom. The molecule has 4 heteroatoms. The first-order valence-corrected chi connectivity index (χ1v) is 14.7. The molecule has 38 heavy (non-hydrogen) atoms. The molecule has 2 saturated heterocycles. The molecule has 0 N–H and O–H groups in total. The van der Waals surface area contributed by atoms with Crippen LogP contribution < -0.4 is 0 Å². The maximum atomic E-state index is 13.4. The van der Waals surface area contributed by atoms with Gasteiger partial charge in [0.2, 0.25) is 5.91 Å². The summed E-state index contributed by atoms with van der Waals surface area (Å²) in [4.78, 5) is 18.2. The molecule has 0 aromatic heterocycles. The quantitative estimate of drug-likeness (QED) is 0.311. The second-order valence-electron chi connectivity index (χ2n) is 11.6. The smallest absolute Gasteiger partial charge is 0.227 e. The molecular formula is C34H41ClN2O. The summed E-state index contributed by atoms with van der Waals surface area (Å²) in [5.41, 5.74) is 4.99. The van der Waals surface area contributed by atoms with Crippen LogP contribution in [0, 0.1) is 12.8 Å². The van der Waals surface area contributed by atoms with Gasteiger partial charge in [-0.05, 0) is 99.3 Å². The zero-order valence-corrected chi connectivity index (χ0v) is 23.5. The number of aryl methyl sites for hydroxylation is 1. The van der Waals surface area contributed by atoms with Gasteiger partial charge in [-0.25, -0.2) is 0 Å². The van der Waals surface area contributed by atoms with E-state index < -0.39 is 0 Å². The number of carbonyl (C=O) groups is 1. The van der Waals surface area contributed by atoms with Gasteiger partial charge in [0.1, 0.15) is 0 Å². The topological polar surface area (TPSA) is 23.6 Å². The Balaban J connectivity index is 1.26. The van der Waals surface area contributed by atoms with Crippen molar-refractivity contribution in [1.82, 2.24) is 9.80 Å². The Hall–Kier alpha value is -2.62. The molecule has 2 heterocycles. The van der Waals surface area contributed by atoms with Crippen LogP contribution in [0.5, 0.6) is 0 Å². The maximum Gasteiger partial charge on any atom is 0.227 e. The minimum absolute atomic E-state index is 0.0270. The van der Waals surface area contributed by atoms with Gasteiger partial charge in [0.05, 0.1) is 6.42 Å². The molecule has 0 spiro atoms. The number of rotatable bonds is 8. The molecule has 0 saturated carbocycles. The fourth-order valence-corrected chi connectivity index (χ4v) is 6.64. The van der Waals surface area contributed by atoms with Crippen molar-refractivity contribution in [2.45, 2.75) is 57.3 Å². The van der Waals surface area contributed by atoms with Gasteiger partial charge < -0.3 is 9.80 Å². The Kier molecular flexibility index (Phi) is 8.86. The van der Waals surface area contributed by atoms with Gasteiger partial charge in [0, 0.05) is 23.5 Å². The van der Waals surface area contributed by atoms with E-state index in [-0.39, 0.29) is 11.3 Å². The summed E-state index contributed by atoms with van der Waals surface area (Å²) in [7, 11) is 0. The van der Waals surface area contributed by atoms with E-state index in [2.05, 4.69) is 71.3 Å². The molecule has 1 unspecified atom stereocenters. The van der Waals surface area contributed by atoms with Crippen LogP contribution in [0.2, 0.25) is 5.02 Å². The highest BCUT2D eigenvalue weighted by Gasteiger charge is 2.39. The van der Waals surface area contributed by atoms with E-state index >= 15 is 0 Å². The van der Waals surface area contributed by atoms with Gasteiger partial charge in [0.15, 0.2) is 0 Å². The molecule has 3 aromatic rings. The second-order valence-corrected chi connectivity index (χ2v) is 12.0. The molecule has 5 rings (SSSR count). The van der Waals surface area contributed by atoms with E-state index in [1.54, 1.807) is 0 Å². The van der Waals surface area contributed by atoms with Crippen LogP contribution in [0.25, 0.3) is 0 Å². The monoisotopic (exact) mass is 528 g/mol. The van der Waals surface area contributed by atoms with E-state index in [0.717, 1.165) is 61.0 Å². The van der Waals surface area contributed by atoms with Gasteiger partial charge in [-0.3, -0.25) is 4.79 Å². The average molecular weight is 529 g/mol. The lowest BCUT2D eigenvalue weighted by Gasteiger charge is -2.45. The average Bonchev–Trinajstić information content (AvgIpc) is 2.95. The molecule has 0 aliphatic carbocycles. The highest BCUT2D eigenvalue weighted by molar-refractivity contribution is 6.31. The third-order valence-corrected chi connectivity index (χ3v) is 9.30. The van der Waals surface area contributed by atoms with Crippen LogP contribution >= 0.6 is 11.6 Å². The largest absolute Gasteiger partial charge is 0.342 e. The number of hydrogen-bond donors (Lipinski definition) is 0. The van der Waals surface area contributed by atoms with Crippen molar-refractivity contribution in [1.29, 1.82) is 0 Å². The van der Waals surface area contributed by atoms with E-state index in [0.29, 0.717) is 6.42 Å². The third-order valence-electron chi connectivity index (χ3n) is 8.88. The van der Waals surface area contributed by atoms with Crippen molar-refractivity contribution in [3.63, 3.8) is 0 Å². The van der Waals surface area contributed by atoms with Crippen LogP contribution in [0.1, 0.15) is 54.4 Å². The number of likely N-dealkylation sites (tertiary alicyclic amines) is 2. The van der Waals surface area contributed by atoms with Gasteiger partial charge in [-0.1, -0.05) is 84.4 Å². The van der Waals surface area contributed by atoms with Gasteiger partial charge in [0.25, 0.3) is 0 Å². The van der Waals surface area contributed by atoms with Crippen molar-refractivity contribution in [3.8, 4) is 0 Å². The van der Waals surface area contributed by atoms with E-state index in [1.165, 1.54) is 43.5 Å². The molecule has 0 bridgehead atoms. The van der Waals surface area contributed by atoms with E-state index in [1.807, 2.05) is 24.3 Å². The molecule has 2 aliphatic rings. The standard InChI is InChI=1S/C34H41ClN2O/c1-27-23-31(13-14-32(27)35)34(17-8-19-37(26-34)33(38)25-29-11-6-3-7-12-29)18-22-36-20-15-30(16-21-36)24-28-9-4-2-5-10-28/h2-7,9-14,23,30H,8,15-22,24-26H2,1H3. The number of nitrogens with zero attached hydrogens (tertiary/aromatic N) is 2. The third kappa shape index (κ3) is 6.68. The zero-order chi connectivity index (χ0) is 26.4. The summed E-state index contributed by atoms with van der Waals surface area (Å²) in [6, 6.07) is 27.6. The van der Waals surface area contributed by atoms with Gasteiger partial charge in [-0.15, -0.1) is 0 Å². The summed E-state index contributed by atoms with van der Waals surface area (Å²) in [5.74, 6) is 1.02. The zero-order valence-electron chi connectivity index (χ0n) is 22.7. The Bertz CT molecular complexity index is 1190. The Morgan fingerprint density at radius 2 is 1.61 bits per heavy atom. The molecule has 0 radical (unpaired) electrons. The van der Waals surface area contributed by atoms with Gasteiger partial charge in [-0.2, -0.15) is 0 Å². The molecular weight excluding hydrogens is 488 g/mol. The van der Waals surface area contributed by atoms with Crippen molar-refractivity contribution in [2.75, 3.05) is 32.7 Å². The summed E-state index contributed by atoms with van der Waals surface area (Å²) in [5, 5.41) is 0.817. The summed E-state index contributed by atoms with van der Waals surface area (Å²) < 4.78 is 0. The summed E-state index contributed by atoms with van der Waals surface area (Å²) >= 11 is 6.43. The number of piperidine rings is 2. The fraction of sp³-hybridized carbons (Fsp3) is 0.441. The van der Waals surface area contributed by atoms with Crippen molar-refractivity contribution >= 4 is 17.5 Å². The Labute approximate surface area is 233 Å². The lowest BCUT2D eigenvalue weighted by atomic mass is 9.71. The lowest BCUT2D eigenvalue weighted by Crippen LogP contribution is -2.50. The molecule has 3 aromatic carbocycles. The van der Waals surface area contributed by atoms with Crippen molar-refractivity contribution in [2.24, 2.45) is 5.92 Å². The molecule has 200 valence electrons. The van der Waals surface area contributed by atoms with E-state index in [9.17, 15) is 4.79 Å². The molecule has 1 amide bonds. The van der Waals surface area contributed by atoms with Crippen LogP contribution in [-0.4, -0.2) is 48.4 Å². The highest BCUT2D eigenvalue weighted by Crippen LogP contribution is 2.39. The lowest BCUT2D eigenvalue weighted by molar-refractivity contribution is -0.132. The van der Waals surface area contributed by atoms with Gasteiger partial charge >= 0.3 is 0 Å². The maximum absolute atomic E-state index is 13.4. The molecule has 3 nitrogen and oxygen atoms in total. The second kappa shape index (κ2) is 12.5. The van der Waals surface area contributed by atoms with Crippen LogP contribution in [0.4, 0.5) is 0 Å². The summed E-state index contributed by atoms with van der Waals surface area (Å²) in [6.07, 6.45) is 7.45. The first-order chi connectivity index (χ1) is 18.5. The number of halogens is 1. The number of carbonyl (C=O) groups excluding carboxylic acids is 1.